The number of hydrogen-bond donors (Lipinski definition) is 4. The second kappa shape index (κ2) is 7.76. The van der Waals surface area contributed by atoms with Crippen LogP contribution < -0.4 is 10.6 Å². The lowest BCUT2D eigenvalue weighted by Crippen LogP contribution is -2.47. The van der Waals surface area contributed by atoms with Gasteiger partial charge < -0.3 is 20.7 Å². The van der Waals surface area contributed by atoms with Gasteiger partial charge in [0, 0.05) is 31.3 Å². The van der Waals surface area contributed by atoms with Crippen molar-refractivity contribution in [2.45, 2.75) is 25.3 Å². The van der Waals surface area contributed by atoms with Crippen LogP contribution in [0.1, 0.15) is 18.5 Å². The minimum absolute atomic E-state index is 0.146. The molecule has 1 atom stereocenters. The first-order valence-electron chi connectivity index (χ1n) is 5.81. The molecule has 0 unspecified atom stereocenters. The second-order valence-corrected chi connectivity index (χ2v) is 3.88. The minimum atomic E-state index is -1.10. The summed E-state index contributed by atoms with van der Waals surface area (Å²) in [4.78, 5) is 29.1. The molecule has 7 heteroatoms. The molecule has 1 heterocycles. The molecule has 19 heavy (non-hydrogen) atoms. The molecule has 0 aliphatic heterocycles. The average Bonchev–Trinajstić information content (AvgIpc) is 2.86. The van der Waals surface area contributed by atoms with Gasteiger partial charge >= 0.3 is 12.0 Å². The van der Waals surface area contributed by atoms with E-state index in [1.807, 2.05) is 0 Å². The zero-order valence-electron chi connectivity index (χ0n) is 10.3. The number of urea groups is 1. The van der Waals surface area contributed by atoms with Crippen molar-refractivity contribution >= 4 is 12.0 Å². The molecule has 0 saturated heterocycles. The molecule has 0 radical (unpaired) electrons. The summed E-state index contributed by atoms with van der Waals surface area (Å²) in [5.74, 6) is 1.35. The Morgan fingerprint density at radius 3 is 2.95 bits per heavy atom. The number of hydrogen-bond acceptors (Lipinski definition) is 3. The normalized spacial score (nSPS) is 11.3. The van der Waals surface area contributed by atoms with E-state index in [1.165, 1.54) is 12.5 Å². The van der Waals surface area contributed by atoms with Crippen LogP contribution >= 0.6 is 0 Å². The Hall–Kier alpha value is -2.49. The highest BCUT2D eigenvalue weighted by atomic mass is 16.4. The molecule has 102 valence electrons. The monoisotopic (exact) mass is 264 g/mol. The highest BCUT2D eigenvalue weighted by Crippen LogP contribution is 1.98. The van der Waals surface area contributed by atoms with Crippen LogP contribution in [-0.2, 0) is 11.2 Å². The third-order valence-corrected chi connectivity index (χ3v) is 2.37. The maximum Gasteiger partial charge on any atom is 0.326 e. The summed E-state index contributed by atoms with van der Waals surface area (Å²) in [7, 11) is 0. The Morgan fingerprint density at radius 2 is 2.37 bits per heavy atom. The number of aromatic nitrogens is 2. The number of H-pyrrole nitrogens is 1. The Bertz CT molecular complexity index is 450. The van der Waals surface area contributed by atoms with Gasteiger partial charge in [0.25, 0.3) is 0 Å². The molecular formula is C12H16N4O3. The van der Waals surface area contributed by atoms with Crippen molar-refractivity contribution in [3.8, 4) is 12.3 Å². The zero-order valence-corrected chi connectivity index (χ0v) is 10.3. The summed E-state index contributed by atoms with van der Waals surface area (Å²) in [5.41, 5.74) is 0.639. The Balaban J connectivity index is 2.39. The van der Waals surface area contributed by atoms with Gasteiger partial charge in [-0.15, -0.1) is 12.3 Å². The van der Waals surface area contributed by atoms with Crippen molar-refractivity contribution in [2.75, 3.05) is 6.54 Å². The predicted octanol–water partition coefficient (Wildman–Crippen LogP) is 0.118. The standard InChI is InChI=1S/C12H16N4O3/c1-2-3-4-5-14-12(19)16-10(11(17)18)6-9-7-13-8-15-9/h1,7-8,10H,3-6H2,(H,13,15)(H,17,18)(H2,14,16,19)/t10-/m1/s1. The van der Waals surface area contributed by atoms with Crippen LogP contribution in [-0.4, -0.2) is 39.7 Å². The first kappa shape index (κ1) is 14.6. The third-order valence-electron chi connectivity index (χ3n) is 2.37. The van der Waals surface area contributed by atoms with Crippen molar-refractivity contribution in [3.63, 3.8) is 0 Å². The fraction of sp³-hybridized carbons (Fsp3) is 0.417. The highest BCUT2D eigenvalue weighted by Gasteiger charge is 2.20. The highest BCUT2D eigenvalue weighted by molar-refractivity contribution is 5.82. The number of imidazole rings is 1. The number of terminal acetylenes is 1. The van der Waals surface area contributed by atoms with Gasteiger partial charge in [-0.05, 0) is 6.42 Å². The molecule has 7 nitrogen and oxygen atoms in total. The van der Waals surface area contributed by atoms with Crippen molar-refractivity contribution in [1.82, 2.24) is 20.6 Å². The summed E-state index contributed by atoms with van der Waals surface area (Å²) in [5, 5.41) is 14.0. The first-order chi connectivity index (χ1) is 9.13. The largest absolute Gasteiger partial charge is 0.480 e. The molecule has 0 saturated carbocycles. The molecule has 0 aromatic carbocycles. The molecular weight excluding hydrogens is 248 g/mol. The van der Waals surface area contributed by atoms with Gasteiger partial charge in [0.05, 0.1) is 6.33 Å². The summed E-state index contributed by atoms with van der Waals surface area (Å²) >= 11 is 0. The number of nitrogens with one attached hydrogen (secondary N) is 3. The molecule has 1 aromatic heterocycles. The quantitative estimate of drug-likeness (QED) is 0.414. The van der Waals surface area contributed by atoms with E-state index in [9.17, 15) is 9.59 Å². The van der Waals surface area contributed by atoms with Crippen LogP contribution in [0.15, 0.2) is 12.5 Å². The van der Waals surface area contributed by atoms with E-state index >= 15 is 0 Å². The van der Waals surface area contributed by atoms with Gasteiger partial charge in [-0.3, -0.25) is 0 Å². The minimum Gasteiger partial charge on any atom is -0.480 e. The molecule has 1 rings (SSSR count). The molecule has 0 aliphatic carbocycles. The van der Waals surface area contributed by atoms with Crippen molar-refractivity contribution in [1.29, 1.82) is 0 Å². The van der Waals surface area contributed by atoms with Crippen LogP contribution in [0, 0.1) is 12.3 Å². The van der Waals surface area contributed by atoms with Gasteiger partial charge in [-0.2, -0.15) is 0 Å². The number of aromatic amines is 1. The lowest BCUT2D eigenvalue weighted by Gasteiger charge is -2.14. The summed E-state index contributed by atoms with van der Waals surface area (Å²) in [6, 6.07) is -1.53. The van der Waals surface area contributed by atoms with Crippen LogP contribution in [0.4, 0.5) is 4.79 Å². The van der Waals surface area contributed by atoms with E-state index in [-0.39, 0.29) is 6.42 Å². The topological polar surface area (TPSA) is 107 Å². The fourth-order valence-electron chi connectivity index (χ4n) is 1.42. The van der Waals surface area contributed by atoms with E-state index in [2.05, 4.69) is 26.5 Å². The number of carboxylic acid groups (broad SMARTS) is 1. The zero-order chi connectivity index (χ0) is 14.1. The average molecular weight is 264 g/mol. The lowest BCUT2D eigenvalue weighted by atomic mass is 10.2. The van der Waals surface area contributed by atoms with Crippen molar-refractivity contribution in [3.05, 3.63) is 18.2 Å². The number of amides is 2. The predicted molar refractivity (Wildman–Crippen MR) is 68.3 cm³/mol. The van der Waals surface area contributed by atoms with E-state index < -0.39 is 18.0 Å². The number of rotatable bonds is 7. The fourth-order valence-corrected chi connectivity index (χ4v) is 1.42. The second-order valence-electron chi connectivity index (χ2n) is 3.88. The molecule has 0 fully saturated rings. The number of carboxylic acids is 1. The summed E-state index contributed by atoms with van der Waals surface area (Å²) in [6.07, 6.45) is 9.41. The summed E-state index contributed by atoms with van der Waals surface area (Å²) < 4.78 is 0. The van der Waals surface area contributed by atoms with Crippen LogP contribution in [0.25, 0.3) is 0 Å². The molecule has 0 aliphatic rings. The number of nitrogens with zero attached hydrogens (tertiary/aromatic N) is 1. The van der Waals surface area contributed by atoms with Gasteiger partial charge in [-0.25, -0.2) is 14.6 Å². The van der Waals surface area contributed by atoms with Gasteiger partial charge in [0.2, 0.25) is 0 Å². The van der Waals surface area contributed by atoms with Crippen molar-refractivity contribution in [2.24, 2.45) is 0 Å². The molecule has 1 aromatic rings. The Kier molecular flexibility index (Phi) is 5.95. The first-order valence-corrected chi connectivity index (χ1v) is 5.81. The van der Waals surface area contributed by atoms with E-state index in [1.54, 1.807) is 0 Å². The maximum absolute atomic E-state index is 11.5. The Morgan fingerprint density at radius 1 is 1.58 bits per heavy atom. The van der Waals surface area contributed by atoms with Gasteiger partial charge in [-0.1, -0.05) is 0 Å². The molecule has 0 spiro atoms. The number of aliphatic carboxylic acids is 1. The van der Waals surface area contributed by atoms with Crippen LogP contribution in [0.2, 0.25) is 0 Å². The number of carbonyl (C=O) groups is 2. The van der Waals surface area contributed by atoms with Crippen LogP contribution in [0.5, 0.6) is 0 Å². The Labute approximate surface area is 110 Å². The number of carbonyl (C=O) groups excluding carboxylic acids is 1. The number of unbranched alkanes of at least 4 members (excludes halogenated alkanes) is 1. The van der Waals surface area contributed by atoms with E-state index in [4.69, 9.17) is 11.5 Å². The van der Waals surface area contributed by atoms with Crippen molar-refractivity contribution < 1.29 is 14.7 Å². The smallest absolute Gasteiger partial charge is 0.326 e. The summed E-state index contributed by atoms with van der Waals surface area (Å²) in [6.45, 7) is 0.409. The SMILES string of the molecule is C#CCCCNC(=O)N[C@H](Cc1cnc[nH]1)C(=O)O. The van der Waals surface area contributed by atoms with Gasteiger partial charge in [0.1, 0.15) is 6.04 Å². The van der Waals surface area contributed by atoms with E-state index in [0.29, 0.717) is 25.1 Å². The lowest BCUT2D eigenvalue weighted by molar-refractivity contribution is -0.139. The third kappa shape index (κ3) is 5.59. The maximum atomic E-state index is 11.5. The molecule has 0 bridgehead atoms. The van der Waals surface area contributed by atoms with E-state index in [0.717, 1.165) is 0 Å². The molecule has 4 N–H and O–H groups in total. The van der Waals surface area contributed by atoms with Crippen LogP contribution in [0.3, 0.4) is 0 Å². The molecule has 2 amide bonds. The van der Waals surface area contributed by atoms with Gasteiger partial charge in [0.15, 0.2) is 0 Å².